The average molecular weight is 207 g/mol. The predicted molar refractivity (Wildman–Crippen MR) is 58.4 cm³/mol. The molecule has 0 saturated carbocycles. The number of hydrogen-bond acceptors (Lipinski definition) is 6. The van der Waals surface area contributed by atoms with Crippen LogP contribution in [0.15, 0.2) is 23.3 Å². The van der Waals surface area contributed by atoms with Gasteiger partial charge >= 0.3 is 0 Å². The number of nitrogens with two attached hydrogens (primary N) is 1. The van der Waals surface area contributed by atoms with Crippen molar-refractivity contribution in [2.75, 3.05) is 11.2 Å². The van der Waals surface area contributed by atoms with Crippen LogP contribution in [0, 0.1) is 15.5 Å². The summed E-state index contributed by atoms with van der Waals surface area (Å²) in [6.07, 6.45) is 2.12. The van der Waals surface area contributed by atoms with Gasteiger partial charge in [-0.3, -0.25) is 15.5 Å². The van der Waals surface area contributed by atoms with Crippen LogP contribution in [0.3, 0.4) is 0 Å². The molecule has 15 heavy (non-hydrogen) atoms. The Labute approximate surface area is 85.3 Å². The van der Waals surface area contributed by atoms with E-state index in [4.69, 9.17) is 11.1 Å². The van der Waals surface area contributed by atoms with Gasteiger partial charge in [-0.25, -0.2) is 0 Å². The van der Waals surface area contributed by atoms with Crippen molar-refractivity contribution >= 4 is 29.5 Å². The van der Waals surface area contributed by atoms with Crippen LogP contribution in [0.25, 0.3) is 0 Å². The topological polar surface area (TPSA) is 117 Å². The number of nitrogens with one attached hydrogen (secondary N) is 2. The van der Waals surface area contributed by atoms with Gasteiger partial charge in [0.2, 0.25) is 0 Å². The van der Waals surface area contributed by atoms with Crippen LogP contribution in [0.1, 0.15) is 0 Å². The highest BCUT2D eigenvalue weighted by atomic mass is 16.6. The normalized spacial score (nSPS) is 10.1. The lowest BCUT2D eigenvalue weighted by molar-refractivity contribution is -0.383. The summed E-state index contributed by atoms with van der Waals surface area (Å²) >= 11 is 0. The number of anilines is 2. The number of nitro groups is 1. The van der Waals surface area contributed by atoms with Crippen molar-refractivity contribution in [3.8, 4) is 0 Å². The molecule has 78 valence electrons. The van der Waals surface area contributed by atoms with Crippen molar-refractivity contribution < 1.29 is 4.92 Å². The minimum Gasteiger partial charge on any atom is -0.399 e. The number of benzene rings is 1. The van der Waals surface area contributed by atoms with E-state index in [0.717, 1.165) is 6.21 Å². The first-order chi connectivity index (χ1) is 7.15. The third-order valence-corrected chi connectivity index (χ3v) is 1.55. The molecule has 1 rings (SSSR count). The lowest BCUT2D eigenvalue weighted by atomic mass is 10.2. The molecule has 0 atom stereocenters. The van der Waals surface area contributed by atoms with Crippen LogP contribution in [0.4, 0.5) is 17.1 Å². The van der Waals surface area contributed by atoms with Gasteiger partial charge in [0.05, 0.1) is 11.1 Å². The zero-order chi connectivity index (χ0) is 11.3. The van der Waals surface area contributed by atoms with E-state index < -0.39 is 4.92 Å². The second kappa shape index (κ2) is 4.70. The van der Waals surface area contributed by atoms with Crippen molar-refractivity contribution in [1.82, 2.24) is 0 Å². The third kappa shape index (κ3) is 2.76. The molecule has 7 nitrogen and oxygen atoms in total. The smallest absolute Gasteiger partial charge is 0.296 e. The van der Waals surface area contributed by atoms with Crippen molar-refractivity contribution in [2.24, 2.45) is 5.10 Å². The second-order valence-electron chi connectivity index (χ2n) is 2.59. The van der Waals surface area contributed by atoms with Crippen molar-refractivity contribution in [1.29, 1.82) is 5.41 Å². The molecule has 0 aliphatic rings. The summed E-state index contributed by atoms with van der Waals surface area (Å²) < 4.78 is 0. The highest BCUT2D eigenvalue weighted by molar-refractivity contribution is 6.14. The molecule has 1 aromatic carbocycles. The van der Waals surface area contributed by atoms with Gasteiger partial charge in [0.15, 0.2) is 0 Å². The molecular weight excluding hydrogens is 198 g/mol. The molecule has 4 N–H and O–H groups in total. The summed E-state index contributed by atoms with van der Waals surface area (Å²) in [6.45, 7) is 0. The molecule has 0 spiro atoms. The SMILES string of the molecule is N=C/C=N\Nc1ccc(N)cc1[N+](=O)[O-]. The first-order valence-corrected chi connectivity index (χ1v) is 3.97. The Hall–Kier alpha value is -2.44. The molecule has 0 saturated heterocycles. The highest BCUT2D eigenvalue weighted by Crippen LogP contribution is 2.26. The largest absolute Gasteiger partial charge is 0.399 e. The maximum Gasteiger partial charge on any atom is 0.296 e. The fourth-order valence-electron chi connectivity index (χ4n) is 0.938. The maximum absolute atomic E-state index is 10.6. The summed E-state index contributed by atoms with van der Waals surface area (Å²) in [5.74, 6) is 0. The zero-order valence-corrected chi connectivity index (χ0v) is 7.68. The molecular formula is C8H9N5O2. The Morgan fingerprint density at radius 1 is 1.60 bits per heavy atom. The molecule has 0 aromatic heterocycles. The quantitative estimate of drug-likeness (QED) is 0.297. The average Bonchev–Trinajstić information content (AvgIpc) is 2.20. The van der Waals surface area contributed by atoms with Crippen molar-refractivity contribution in [3.05, 3.63) is 28.3 Å². The van der Waals surface area contributed by atoms with E-state index in [2.05, 4.69) is 10.5 Å². The van der Waals surface area contributed by atoms with Gasteiger partial charge in [0.1, 0.15) is 5.69 Å². The van der Waals surface area contributed by atoms with E-state index in [1.54, 1.807) is 0 Å². The second-order valence-corrected chi connectivity index (χ2v) is 2.59. The molecule has 0 heterocycles. The maximum atomic E-state index is 10.6. The van der Waals surface area contributed by atoms with Gasteiger partial charge in [-0.1, -0.05) is 0 Å². The van der Waals surface area contributed by atoms with Gasteiger partial charge in [-0.2, -0.15) is 5.10 Å². The zero-order valence-electron chi connectivity index (χ0n) is 7.68. The Morgan fingerprint density at radius 2 is 2.33 bits per heavy atom. The standard InChI is InChI=1S/C8H9N5O2/c9-3-4-11-12-7-2-1-6(10)5-8(7)13(14)15/h1-5,9,12H,10H2/b9-3?,11-4-. The highest BCUT2D eigenvalue weighted by Gasteiger charge is 2.12. The van der Waals surface area contributed by atoms with Gasteiger partial charge in [-0.15, -0.1) is 0 Å². The van der Waals surface area contributed by atoms with E-state index in [0.29, 0.717) is 5.69 Å². The Bertz CT molecular complexity index is 415. The number of nitrogens with zero attached hydrogens (tertiary/aromatic N) is 2. The van der Waals surface area contributed by atoms with Crippen LogP contribution >= 0.6 is 0 Å². The van der Waals surface area contributed by atoms with Crippen molar-refractivity contribution in [2.45, 2.75) is 0 Å². The van der Waals surface area contributed by atoms with Gasteiger partial charge in [-0.05, 0) is 12.1 Å². The minimum absolute atomic E-state index is 0.155. The Kier molecular flexibility index (Phi) is 3.33. The summed E-state index contributed by atoms with van der Waals surface area (Å²) in [7, 11) is 0. The van der Waals surface area contributed by atoms with Crippen LogP contribution in [-0.2, 0) is 0 Å². The molecule has 0 fully saturated rings. The number of nitro benzene ring substituents is 1. The molecule has 7 heteroatoms. The van der Waals surface area contributed by atoms with Gasteiger partial charge < -0.3 is 11.1 Å². The first kappa shape index (κ1) is 10.6. The summed E-state index contributed by atoms with van der Waals surface area (Å²) in [4.78, 5) is 10.1. The molecule has 0 amide bonds. The van der Waals surface area contributed by atoms with Crippen LogP contribution in [-0.4, -0.2) is 17.4 Å². The van der Waals surface area contributed by atoms with Gasteiger partial charge in [0.25, 0.3) is 5.69 Å². The summed E-state index contributed by atoms with van der Waals surface area (Å²) in [5.41, 5.74) is 8.24. The molecule has 0 bridgehead atoms. The van der Waals surface area contributed by atoms with Crippen LogP contribution in [0.5, 0.6) is 0 Å². The van der Waals surface area contributed by atoms with E-state index in [9.17, 15) is 10.1 Å². The summed E-state index contributed by atoms with van der Waals surface area (Å²) in [6, 6.07) is 4.21. The van der Waals surface area contributed by atoms with Crippen molar-refractivity contribution in [3.63, 3.8) is 0 Å². The summed E-state index contributed by atoms with van der Waals surface area (Å²) in [5, 5.41) is 20.9. The van der Waals surface area contributed by atoms with E-state index in [1.165, 1.54) is 24.4 Å². The number of hydrogen-bond donors (Lipinski definition) is 3. The molecule has 0 radical (unpaired) electrons. The minimum atomic E-state index is -0.557. The molecule has 0 unspecified atom stereocenters. The van der Waals surface area contributed by atoms with E-state index >= 15 is 0 Å². The predicted octanol–water partition coefficient (Wildman–Crippen LogP) is 1.22. The Morgan fingerprint density at radius 3 is 2.93 bits per heavy atom. The molecule has 0 aliphatic heterocycles. The van der Waals surface area contributed by atoms with E-state index in [-0.39, 0.29) is 11.4 Å². The van der Waals surface area contributed by atoms with E-state index in [1.807, 2.05) is 0 Å². The fourth-order valence-corrected chi connectivity index (χ4v) is 0.938. The Balaban J connectivity index is 3.00. The molecule has 0 aliphatic carbocycles. The van der Waals surface area contributed by atoms with Crippen LogP contribution < -0.4 is 11.2 Å². The first-order valence-electron chi connectivity index (χ1n) is 3.97. The number of nitrogen functional groups attached to an aromatic ring is 1. The number of rotatable bonds is 4. The monoisotopic (exact) mass is 207 g/mol. The lowest BCUT2D eigenvalue weighted by Gasteiger charge is -2.01. The van der Waals surface area contributed by atoms with Gasteiger partial charge in [0, 0.05) is 18.0 Å². The molecule has 1 aromatic rings. The number of hydrazone groups is 1. The fraction of sp³-hybridized carbons (Fsp3) is 0. The lowest BCUT2D eigenvalue weighted by Crippen LogP contribution is -1.98. The third-order valence-electron chi connectivity index (χ3n) is 1.55. The van der Waals surface area contributed by atoms with Crippen LogP contribution in [0.2, 0.25) is 0 Å².